The first kappa shape index (κ1) is 14.8. The summed E-state index contributed by atoms with van der Waals surface area (Å²) >= 11 is 11.7. The predicted octanol–water partition coefficient (Wildman–Crippen LogP) is 4.34. The van der Waals surface area contributed by atoms with Crippen LogP contribution in [0.3, 0.4) is 0 Å². The molecule has 2 rings (SSSR count). The smallest absolute Gasteiger partial charge is 0.122 e. The third-order valence-electron chi connectivity index (χ3n) is 2.75. The van der Waals surface area contributed by atoms with Crippen LogP contribution in [0.1, 0.15) is 5.56 Å². The van der Waals surface area contributed by atoms with Gasteiger partial charge >= 0.3 is 0 Å². The van der Waals surface area contributed by atoms with Crippen molar-refractivity contribution in [2.45, 2.75) is 6.92 Å². The Bertz CT molecular complexity index is 549. The largest absolute Gasteiger partial charge is 0.490 e. The van der Waals surface area contributed by atoms with Crippen molar-refractivity contribution >= 4 is 28.9 Å². The van der Waals surface area contributed by atoms with E-state index in [4.69, 9.17) is 38.4 Å². The Hall–Kier alpha value is -1.58. The van der Waals surface area contributed by atoms with Crippen LogP contribution in [0, 0.1) is 6.92 Å². The molecule has 20 heavy (non-hydrogen) atoms. The van der Waals surface area contributed by atoms with E-state index in [1.807, 2.05) is 25.1 Å². The van der Waals surface area contributed by atoms with Crippen LogP contribution < -0.4 is 15.2 Å². The van der Waals surface area contributed by atoms with E-state index in [2.05, 4.69) is 0 Å². The fourth-order valence-corrected chi connectivity index (χ4v) is 1.91. The lowest BCUT2D eigenvalue weighted by atomic mass is 10.2. The van der Waals surface area contributed by atoms with Crippen LogP contribution in [-0.2, 0) is 0 Å². The van der Waals surface area contributed by atoms with Gasteiger partial charge in [-0.15, -0.1) is 0 Å². The molecule has 2 aromatic rings. The Kier molecular flexibility index (Phi) is 4.99. The van der Waals surface area contributed by atoms with Gasteiger partial charge in [0.2, 0.25) is 0 Å². The molecule has 0 spiro atoms. The van der Waals surface area contributed by atoms with Crippen molar-refractivity contribution < 1.29 is 9.47 Å². The van der Waals surface area contributed by atoms with E-state index in [0.717, 1.165) is 17.0 Å². The number of hydrogen-bond donors (Lipinski definition) is 1. The Morgan fingerprint density at radius 3 is 2.10 bits per heavy atom. The Balaban J connectivity index is 1.81. The molecule has 2 N–H and O–H groups in total. The lowest BCUT2D eigenvalue weighted by Crippen LogP contribution is -2.09. The molecule has 2 aromatic carbocycles. The van der Waals surface area contributed by atoms with E-state index in [9.17, 15) is 0 Å². The van der Waals surface area contributed by atoms with Gasteiger partial charge in [0.05, 0.1) is 10.0 Å². The number of aryl methyl sites for hydroxylation is 1. The number of nitrogens with two attached hydrogens (primary N) is 1. The van der Waals surface area contributed by atoms with E-state index in [1.54, 1.807) is 18.2 Å². The highest BCUT2D eigenvalue weighted by Crippen LogP contribution is 2.26. The minimum absolute atomic E-state index is 0.418. The van der Waals surface area contributed by atoms with Crippen LogP contribution in [-0.4, -0.2) is 13.2 Å². The first-order valence-electron chi connectivity index (χ1n) is 6.13. The molecule has 0 saturated heterocycles. The zero-order chi connectivity index (χ0) is 14.5. The fourth-order valence-electron chi connectivity index (χ4n) is 1.62. The molecule has 0 bridgehead atoms. The van der Waals surface area contributed by atoms with Crippen molar-refractivity contribution in [3.8, 4) is 11.5 Å². The topological polar surface area (TPSA) is 44.5 Å². The van der Waals surface area contributed by atoms with Gasteiger partial charge < -0.3 is 15.2 Å². The molecule has 0 aromatic heterocycles. The van der Waals surface area contributed by atoms with Gasteiger partial charge in [-0.1, -0.05) is 23.2 Å². The highest BCUT2D eigenvalue weighted by molar-refractivity contribution is 6.42. The molecule has 0 aliphatic rings. The van der Waals surface area contributed by atoms with E-state index < -0.39 is 0 Å². The first-order chi connectivity index (χ1) is 9.56. The maximum Gasteiger partial charge on any atom is 0.122 e. The monoisotopic (exact) mass is 311 g/mol. The summed E-state index contributed by atoms with van der Waals surface area (Å²) in [5.74, 6) is 1.44. The molecule has 0 aliphatic carbocycles. The van der Waals surface area contributed by atoms with Crippen LogP contribution in [0.15, 0.2) is 36.4 Å². The van der Waals surface area contributed by atoms with Gasteiger partial charge in [0.15, 0.2) is 0 Å². The van der Waals surface area contributed by atoms with Crippen molar-refractivity contribution in [3.05, 3.63) is 52.0 Å². The normalized spacial score (nSPS) is 10.3. The maximum absolute atomic E-state index is 5.90. The van der Waals surface area contributed by atoms with Crippen molar-refractivity contribution in [2.75, 3.05) is 18.9 Å². The Morgan fingerprint density at radius 1 is 0.900 bits per heavy atom. The summed E-state index contributed by atoms with van der Waals surface area (Å²) in [7, 11) is 0. The SMILES string of the molecule is Cc1cc(OCCOc2ccc(Cl)c(Cl)c2)ccc1N. The lowest BCUT2D eigenvalue weighted by molar-refractivity contribution is 0.217. The zero-order valence-electron chi connectivity index (χ0n) is 11.0. The molecule has 0 amide bonds. The van der Waals surface area contributed by atoms with Crippen molar-refractivity contribution in [1.82, 2.24) is 0 Å². The number of benzene rings is 2. The van der Waals surface area contributed by atoms with Crippen LogP contribution in [0.2, 0.25) is 10.0 Å². The molecule has 0 radical (unpaired) electrons. The summed E-state index contributed by atoms with van der Waals surface area (Å²) in [6.07, 6.45) is 0. The second-order valence-corrected chi connectivity index (χ2v) is 5.11. The molecule has 0 fully saturated rings. The fraction of sp³-hybridized carbons (Fsp3) is 0.200. The molecule has 0 atom stereocenters. The first-order valence-corrected chi connectivity index (χ1v) is 6.88. The average molecular weight is 312 g/mol. The van der Waals surface area contributed by atoms with Crippen molar-refractivity contribution in [2.24, 2.45) is 0 Å². The molecule has 0 saturated carbocycles. The summed E-state index contributed by atoms with van der Waals surface area (Å²) in [4.78, 5) is 0. The van der Waals surface area contributed by atoms with E-state index in [1.165, 1.54) is 0 Å². The summed E-state index contributed by atoms with van der Waals surface area (Å²) in [6.45, 7) is 2.79. The number of halogens is 2. The van der Waals surface area contributed by atoms with Crippen LogP contribution in [0.25, 0.3) is 0 Å². The average Bonchev–Trinajstić information content (AvgIpc) is 2.42. The number of ether oxygens (including phenoxy) is 2. The minimum atomic E-state index is 0.418. The Morgan fingerprint density at radius 2 is 1.50 bits per heavy atom. The summed E-state index contributed by atoms with van der Waals surface area (Å²) in [5.41, 5.74) is 7.49. The summed E-state index contributed by atoms with van der Waals surface area (Å²) in [6, 6.07) is 10.7. The van der Waals surface area contributed by atoms with Crippen LogP contribution >= 0.6 is 23.2 Å². The van der Waals surface area contributed by atoms with Gasteiger partial charge in [0, 0.05) is 11.8 Å². The molecular weight excluding hydrogens is 297 g/mol. The maximum atomic E-state index is 5.90. The van der Waals surface area contributed by atoms with Crippen LogP contribution in [0.4, 0.5) is 5.69 Å². The molecule has 0 heterocycles. The molecule has 106 valence electrons. The molecule has 5 heteroatoms. The number of hydrogen-bond acceptors (Lipinski definition) is 3. The van der Waals surface area contributed by atoms with Gasteiger partial charge in [-0.25, -0.2) is 0 Å². The number of nitrogen functional groups attached to an aromatic ring is 1. The van der Waals surface area contributed by atoms with Crippen molar-refractivity contribution in [1.29, 1.82) is 0 Å². The number of rotatable bonds is 5. The molecule has 3 nitrogen and oxygen atoms in total. The highest BCUT2D eigenvalue weighted by Gasteiger charge is 2.01. The van der Waals surface area contributed by atoms with E-state index in [-0.39, 0.29) is 0 Å². The van der Waals surface area contributed by atoms with Gasteiger partial charge in [-0.2, -0.15) is 0 Å². The predicted molar refractivity (Wildman–Crippen MR) is 83.0 cm³/mol. The standard InChI is InChI=1S/C15H15Cl2NO2/c1-10-8-11(3-5-15(10)18)19-6-7-20-12-2-4-13(16)14(17)9-12/h2-5,8-9H,6-7,18H2,1H3. The zero-order valence-corrected chi connectivity index (χ0v) is 12.5. The second-order valence-electron chi connectivity index (χ2n) is 4.29. The third kappa shape index (κ3) is 3.95. The molecule has 0 unspecified atom stereocenters. The number of anilines is 1. The highest BCUT2D eigenvalue weighted by atomic mass is 35.5. The second kappa shape index (κ2) is 6.73. The molecule has 0 aliphatic heterocycles. The van der Waals surface area contributed by atoms with Gasteiger partial charge in [0.1, 0.15) is 24.7 Å². The van der Waals surface area contributed by atoms with Gasteiger partial charge in [-0.05, 0) is 42.8 Å². The van der Waals surface area contributed by atoms with E-state index >= 15 is 0 Å². The molecular formula is C15H15Cl2NO2. The summed E-state index contributed by atoms with van der Waals surface area (Å²) in [5, 5.41) is 0.979. The summed E-state index contributed by atoms with van der Waals surface area (Å²) < 4.78 is 11.1. The van der Waals surface area contributed by atoms with Crippen molar-refractivity contribution in [3.63, 3.8) is 0 Å². The third-order valence-corrected chi connectivity index (χ3v) is 3.49. The van der Waals surface area contributed by atoms with E-state index in [0.29, 0.717) is 29.0 Å². The van der Waals surface area contributed by atoms with Gasteiger partial charge in [-0.3, -0.25) is 0 Å². The van der Waals surface area contributed by atoms with Crippen LogP contribution in [0.5, 0.6) is 11.5 Å². The quantitative estimate of drug-likeness (QED) is 0.660. The lowest BCUT2D eigenvalue weighted by Gasteiger charge is -2.10. The van der Waals surface area contributed by atoms with Gasteiger partial charge in [0.25, 0.3) is 0 Å². The minimum Gasteiger partial charge on any atom is -0.490 e. The Labute approximate surface area is 128 Å².